The largest absolute Gasteiger partial charge is 0.399 e. The van der Waals surface area contributed by atoms with E-state index in [-0.39, 0.29) is 0 Å². The van der Waals surface area contributed by atoms with E-state index in [0.29, 0.717) is 11.4 Å². The highest BCUT2D eigenvalue weighted by atomic mass is 32.2. The molecule has 1 rings (SSSR count). The topological polar surface area (TPSA) is 83.6 Å². The molecule has 0 aliphatic heterocycles. The number of rotatable bonds is 2. The summed E-state index contributed by atoms with van der Waals surface area (Å²) in [6.07, 6.45) is 0. The molecule has 5 nitrogen and oxygen atoms in total. The third kappa shape index (κ3) is 2.15. The summed E-state index contributed by atoms with van der Waals surface area (Å²) in [6, 6.07) is 4.84. The maximum atomic E-state index is 10.8. The van der Waals surface area contributed by atoms with Crippen LogP contribution in [-0.2, 0) is 10.3 Å². The number of nitrogens with zero attached hydrogens (tertiary/aromatic N) is 1. The summed E-state index contributed by atoms with van der Waals surface area (Å²) in [5.74, 6) is 0. The molecular formula is C8H12N2O3S. The van der Waals surface area contributed by atoms with Crippen LogP contribution in [0.1, 0.15) is 5.56 Å². The van der Waals surface area contributed by atoms with Gasteiger partial charge in [-0.1, -0.05) is 6.07 Å². The van der Waals surface area contributed by atoms with E-state index in [1.54, 1.807) is 19.1 Å². The lowest BCUT2D eigenvalue weighted by Gasteiger charge is -2.17. The second-order valence-corrected chi connectivity index (χ2v) is 4.43. The molecule has 0 radical (unpaired) electrons. The van der Waals surface area contributed by atoms with Gasteiger partial charge in [-0.3, -0.25) is 8.86 Å². The monoisotopic (exact) mass is 216 g/mol. The lowest BCUT2D eigenvalue weighted by Crippen LogP contribution is -2.26. The Hall–Kier alpha value is -1.27. The van der Waals surface area contributed by atoms with Crippen molar-refractivity contribution in [2.75, 3.05) is 17.1 Å². The lowest BCUT2D eigenvalue weighted by molar-refractivity contribution is 0.481. The molecule has 0 heterocycles. The van der Waals surface area contributed by atoms with Gasteiger partial charge in [-0.15, -0.1) is 0 Å². The van der Waals surface area contributed by atoms with E-state index in [0.717, 1.165) is 9.87 Å². The molecule has 0 aliphatic carbocycles. The fourth-order valence-corrected chi connectivity index (χ4v) is 1.54. The predicted molar refractivity (Wildman–Crippen MR) is 55.5 cm³/mol. The Bertz CT molecular complexity index is 442. The normalized spacial score (nSPS) is 11.4. The first kappa shape index (κ1) is 10.8. The predicted octanol–water partition coefficient (Wildman–Crippen LogP) is 0.816. The van der Waals surface area contributed by atoms with Crippen LogP contribution in [-0.4, -0.2) is 20.0 Å². The molecule has 14 heavy (non-hydrogen) atoms. The van der Waals surface area contributed by atoms with Gasteiger partial charge in [-0.2, -0.15) is 8.42 Å². The first-order chi connectivity index (χ1) is 6.32. The Labute approximate surface area is 83.0 Å². The Morgan fingerprint density at radius 1 is 1.43 bits per heavy atom. The summed E-state index contributed by atoms with van der Waals surface area (Å²) in [5.41, 5.74) is 7.04. The Balaban J connectivity index is 3.26. The summed E-state index contributed by atoms with van der Waals surface area (Å²) in [4.78, 5) is 0. The van der Waals surface area contributed by atoms with Crippen LogP contribution in [0.4, 0.5) is 11.4 Å². The maximum absolute atomic E-state index is 10.8. The molecule has 0 amide bonds. The van der Waals surface area contributed by atoms with Crippen molar-refractivity contribution in [2.24, 2.45) is 0 Å². The molecule has 0 unspecified atom stereocenters. The number of hydrogen-bond donors (Lipinski definition) is 2. The first-order valence-corrected chi connectivity index (χ1v) is 5.29. The zero-order valence-corrected chi connectivity index (χ0v) is 8.75. The summed E-state index contributed by atoms with van der Waals surface area (Å²) in [5, 5.41) is 0. The lowest BCUT2D eigenvalue weighted by atomic mass is 10.2. The van der Waals surface area contributed by atoms with Crippen molar-refractivity contribution in [2.45, 2.75) is 6.92 Å². The number of hydrogen-bond acceptors (Lipinski definition) is 3. The smallest absolute Gasteiger partial charge is 0.359 e. The average molecular weight is 216 g/mol. The molecule has 0 saturated heterocycles. The van der Waals surface area contributed by atoms with Crippen molar-refractivity contribution in [1.29, 1.82) is 0 Å². The van der Waals surface area contributed by atoms with Gasteiger partial charge in [0.1, 0.15) is 0 Å². The van der Waals surface area contributed by atoms with Crippen molar-refractivity contribution in [3.8, 4) is 0 Å². The number of benzene rings is 1. The van der Waals surface area contributed by atoms with Crippen LogP contribution >= 0.6 is 0 Å². The number of nitrogen functional groups attached to an aromatic ring is 1. The molecule has 1 aromatic carbocycles. The number of anilines is 2. The van der Waals surface area contributed by atoms with Gasteiger partial charge in [0.2, 0.25) is 0 Å². The van der Waals surface area contributed by atoms with Crippen molar-refractivity contribution in [3.63, 3.8) is 0 Å². The van der Waals surface area contributed by atoms with E-state index < -0.39 is 10.3 Å². The minimum absolute atomic E-state index is 0.368. The highest BCUT2D eigenvalue weighted by Crippen LogP contribution is 2.23. The van der Waals surface area contributed by atoms with Gasteiger partial charge in [0, 0.05) is 12.7 Å². The fraction of sp³-hybridized carbons (Fsp3) is 0.250. The van der Waals surface area contributed by atoms with E-state index in [9.17, 15) is 8.42 Å². The van der Waals surface area contributed by atoms with E-state index in [1.807, 2.05) is 0 Å². The van der Waals surface area contributed by atoms with Crippen LogP contribution in [0.3, 0.4) is 0 Å². The van der Waals surface area contributed by atoms with Gasteiger partial charge < -0.3 is 5.73 Å². The number of aryl methyl sites for hydroxylation is 1. The standard InChI is InChI=1S/C8H12N2O3S/c1-6-3-4-7(9)5-8(6)10(2)14(11,12)13/h3-5H,9H2,1-2H3,(H,11,12,13). The van der Waals surface area contributed by atoms with Gasteiger partial charge in [0.15, 0.2) is 0 Å². The van der Waals surface area contributed by atoms with Gasteiger partial charge in [0.05, 0.1) is 5.69 Å². The van der Waals surface area contributed by atoms with Gasteiger partial charge in [0.25, 0.3) is 0 Å². The highest BCUT2D eigenvalue weighted by molar-refractivity contribution is 7.87. The van der Waals surface area contributed by atoms with Gasteiger partial charge >= 0.3 is 10.3 Å². The molecule has 0 aliphatic rings. The average Bonchev–Trinajstić information content (AvgIpc) is 2.06. The molecule has 78 valence electrons. The van der Waals surface area contributed by atoms with Crippen molar-refractivity contribution < 1.29 is 13.0 Å². The number of nitrogens with two attached hydrogens (primary N) is 1. The Morgan fingerprint density at radius 3 is 2.50 bits per heavy atom. The second kappa shape index (κ2) is 3.47. The molecule has 1 aromatic rings. The second-order valence-electron chi connectivity index (χ2n) is 2.99. The van der Waals surface area contributed by atoms with Crippen molar-refractivity contribution in [3.05, 3.63) is 23.8 Å². The summed E-state index contributed by atoms with van der Waals surface area (Å²) in [6.45, 7) is 1.73. The maximum Gasteiger partial charge on any atom is 0.359 e. The van der Waals surface area contributed by atoms with Gasteiger partial charge in [-0.25, -0.2) is 0 Å². The third-order valence-corrected chi connectivity index (χ3v) is 2.81. The SMILES string of the molecule is Cc1ccc(N)cc1N(C)S(=O)(=O)O. The molecule has 0 saturated carbocycles. The van der Waals surface area contributed by atoms with E-state index in [4.69, 9.17) is 10.3 Å². The Kier molecular flexibility index (Phi) is 2.68. The zero-order valence-electron chi connectivity index (χ0n) is 7.93. The minimum atomic E-state index is -4.22. The van der Waals surface area contributed by atoms with Crippen LogP contribution in [0, 0.1) is 6.92 Å². The first-order valence-electron chi connectivity index (χ1n) is 3.90. The van der Waals surface area contributed by atoms with Gasteiger partial charge in [-0.05, 0) is 24.6 Å². The van der Waals surface area contributed by atoms with Crippen LogP contribution in [0.2, 0.25) is 0 Å². The zero-order chi connectivity index (χ0) is 10.9. The minimum Gasteiger partial charge on any atom is -0.399 e. The summed E-state index contributed by atoms with van der Waals surface area (Å²) in [7, 11) is -2.96. The highest BCUT2D eigenvalue weighted by Gasteiger charge is 2.16. The van der Waals surface area contributed by atoms with Crippen LogP contribution in [0.5, 0.6) is 0 Å². The fourth-order valence-electron chi connectivity index (χ4n) is 1.09. The van der Waals surface area contributed by atoms with Crippen LogP contribution in [0.25, 0.3) is 0 Å². The molecule has 0 aromatic heterocycles. The molecule has 0 fully saturated rings. The third-order valence-electron chi connectivity index (χ3n) is 1.92. The van der Waals surface area contributed by atoms with Crippen LogP contribution < -0.4 is 10.0 Å². The molecule has 3 N–H and O–H groups in total. The summed E-state index contributed by atoms with van der Waals surface area (Å²) < 4.78 is 31.3. The van der Waals surface area contributed by atoms with Crippen molar-refractivity contribution in [1.82, 2.24) is 0 Å². The quantitative estimate of drug-likeness (QED) is 0.566. The van der Waals surface area contributed by atoms with E-state index in [2.05, 4.69) is 0 Å². The Morgan fingerprint density at radius 2 is 2.00 bits per heavy atom. The molecule has 0 bridgehead atoms. The molecule has 0 atom stereocenters. The molecule has 6 heteroatoms. The summed E-state index contributed by atoms with van der Waals surface area (Å²) >= 11 is 0. The van der Waals surface area contributed by atoms with Crippen molar-refractivity contribution >= 4 is 21.7 Å². The molecular weight excluding hydrogens is 204 g/mol. The molecule has 0 spiro atoms. The van der Waals surface area contributed by atoms with E-state index in [1.165, 1.54) is 13.1 Å². The van der Waals surface area contributed by atoms with E-state index >= 15 is 0 Å². The van der Waals surface area contributed by atoms with Crippen LogP contribution in [0.15, 0.2) is 18.2 Å².